The van der Waals surface area contributed by atoms with Gasteiger partial charge in [0.25, 0.3) is 5.91 Å². The molecule has 6 rings (SSSR count). The first-order valence-corrected chi connectivity index (χ1v) is 10.6. The minimum Gasteiger partial charge on any atom is -0.456 e. The SMILES string of the molecule is C[C@@H]1Cc2ccccc2N1C(=O)COC(=O)CC12CC3CC(CC(C3)C1)C2. The third kappa shape index (κ3) is 3.07. The predicted molar refractivity (Wildman–Crippen MR) is 103 cm³/mol. The van der Waals surface area contributed by atoms with E-state index < -0.39 is 0 Å². The van der Waals surface area contributed by atoms with E-state index in [4.69, 9.17) is 4.74 Å². The Kier molecular flexibility index (Phi) is 4.06. The molecule has 4 heteroatoms. The van der Waals surface area contributed by atoms with Crippen LogP contribution in [0.3, 0.4) is 0 Å². The van der Waals surface area contributed by atoms with Crippen molar-refractivity contribution in [1.29, 1.82) is 0 Å². The third-order valence-electron chi connectivity index (χ3n) is 7.52. The van der Waals surface area contributed by atoms with Crippen LogP contribution in [-0.4, -0.2) is 24.5 Å². The first-order valence-electron chi connectivity index (χ1n) is 10.6. The van der Waals surface area contributed by atoms with Crippen LogP contribution in [0.5, 0.6) is 0 Å². The summed E-state index contributed by atoms with van der Waals surface area (Å²) in [4.78, 5) is 27.1. The standard InChI is InChI=1S/C23H29NO3/c1-15-6-19-4-2-3-5-20(19)24(15)21(25)14-27-22(26)13-23-10-16-7-17(11-23)9-18(8-16)12-23/h2-5,15-18H,6-14H2,1H3/t15-,16?,17?,18?,23?/m1/s1. The van der Waals surface area contributed by atoms with Gasteiger partial charge >= 0.3 is 5.97 Å². The second-order valence-electron chi connectivity index (χ2n) is 9.70. The summed E-state index contributed by atoms with van der Waals surface area (Å²) in [6, 6.07) is 8.13. The fraction of sp³-hybridized carbons (Fsp3) is 0.652. The molecule has 5 aliphatic rings. The number of rotatable bonds is 4. The summed E-state index contributed by atoms with van der Waals surface area (Å²) in [5.74, 6) is 2.20. The first kappa shape index (κ1) is 17.3. The van der Waals surface area contributed by atoms with Crippen LogP contribution >= 0.6 is 0 Å². The number of carbonyl (C=O) groups excluding carboxylic acids is 2. The van der Waals surface area contributed by atoms with Crippen molar-refractivity contribution in [2.24, 2.45) is 23.2 Å². The maximum Gasteiger partial charge on any atom is 0.306 e. The van der Waals surface area contributed by atoms with Crippen LogP contribution in [0.4, 0.5) is 5.69 Å². The van der Waals surface area contributed by atoms with E-state index >= 15 is 0 Å². The van der Waals surface area contributed by atoms with Gasteiger partial charge in [0.05, 0.1) is 6.42 Å². The van der Waals surface area contributed by atoms with E-state index in [1.165, 1.54) is 44.1 Å². The number of ether oxygens (including phenoxy) is 1. The molecular weight excluding hydrogens is 338 g/mol. The highest BCUT2D eigenvalue weighted by Crippen LogP contribution is 2.61. The topological polar surface area (TPSA) is 46.6 Å². The van der Waals surface area contributed by atoms with Crippen LogP contribution in [0.1, 0.15) is 57.4 Å². The van der Waals surface area contributed by atoms with E-state index in [2.05, 4.69) is 13.0 Å². The summed E-state index contributed by atoms with van der Waals surface area (Å²) in [5.41, 5.74) is 2.33. The zero-order valence-corrected chi connectivity index (χ0v) is 16.2. The van der Waals surface area contributed by atoms with Crippen LogP contribution in [-0.2, 0) is 20.7 Å². The van der Waals surface area contributed by atoms with E-state index in [0.717, 1.165) is 29.9 Å². The highest BCUT2D eigenvalue weighted by Gasteiger charge is 2.51. The number of nitrogens with zero attached hydrogens (tertiary/aromatic N) is 1. The molecule has 0 radical (unpaired) electrons. The largest absolute Gasteiger partial charge is 0.456 e. The van der Waals surface area contributed by atoms with Crippen LogP contribution in [0.15, 0.2) is 24.3 Å². The Morgan fingerprint density at radius 1 is 1.07 bits per heavy atom. The number of anilines is 1. The van der Waals surface area contributed by atoms with E-state index in [9.17, 15) is 9.59 Å². The molecule has 0 N–H and O–H groups in total. The molecule has 4 saturated carbocycles. The lowest BCUT2D eigenvalue weighted by atomic mass is 9.49. The molecule has 27 heavy (non-hydrogen) atoms. The van der Waals surface area contributed by atoms with E-state index in [-0.39, 0.29) is 29.9 Å². The quantitative estimate of drug-likeness (QED) is 0.752. The van der Waals surface area contributed by atoms with Crippen LogP contribution < -0.4 is 4.90 Å². The molecule has 4 aliphatic carbocycles. The lowest BCUT2D eigenvalue weighted by Gasteiger charge is -2.56. The smallest absolute Gasteiger partial charge is 0.306 e. The summed E-state index contributed by atoms with van der Waals surface area (Å²) in [6.45, 7) is 1.92. The number of benzene rings is 1. The number of fused-ring (bicyclic) bond motifs is 1. The Balaban J connectivity index is 1.20. The summed E-state index contributed by atoms with van der Waals surface area (Å²) in [6.07, 6.45) is 9.08. The molecule has 1 atom stereocenters. The molecule has 0 unspecified atom stereocenters. The number of hydrogen-bond acceptors (Lipinski definition) is 3. The molecule has 1 amide bonds. The Hall–Kier alpha value is -1.84. The molecule has 4 bridgehead atoms. The number of esters is 1. The van der Waals surface area contributed by atoms with Gasteiger partial charge in [-0.15, -0.1) is 0 Å². The molecule has 1 aromatic rings. The normalized spacial score (nSPS) is 36.0. The van der Waals surface area contributed by atoms with Gasteiger partial charge in [0.2, 0.25) is 0 Å². The molecule has 0 aromatic heterocycles. The molecule has 4 nitrogen and oxygen atoms in total. The summed E-state index contributed by atoms with van der Waals surface area (Å²) in [7, 11) is 0. The highest BCUT2D eigenvalue weighted by molar-refractivity contribution is 5.97. The summed E-state index contributed by atoms with van der Waals surface area (Å²) < 4.78 is 5.49. The summed E-state index contributed by atoms with van der Waals surface area (Å²) in [5, 5.41) is 0. The second kappa shape index (κ2) is 6.35. The van der Waals surface area contributed by atoms with Crippen molar-refractivity contribution in [2.45, 2.75) is 64.3 Å². The Morgan fingerprint density at radius 3 is 2.37 bits per heavy atom. The number of amides is 1. The zero-order chi connectivity index (χ0) is 18.6. The molecular formula is C23H29NO3. The minimum absolute atomic E-state index is 0.105. The average molecular weight is 367 g/mol. The van der Waals surface area contributed by atoms with Gasteiger partial charge in [0.15, 0.2) is 6.61 Å². The Morgan fingerprint density at radius 2 is 1.70 bits per heavy atom. The van der Waals surface area contributed by atoms with Gasteiger partial charge in [0.1, 0.15) is 0 Å². The Bertz CT molecular complexity index is 735. The summed E-state index contributed by atoms with van der Waals surface area (Å²) >= 11 is 0. The van der Waals surface area contributed by atoms with Gasteiger partial charge < -0.3 is 9.64 Å². The van der Waals surface area contributed by atoms with Crippen molar-refractivity contribution in [3.05, 3.63) is 29.8 Å². The lowest BCUT2D eigenvalue weighted by molar-refractivity contribution is -0.155. The van der Waals surface area contributed by atoms with Crippen LogP contribution in [0.2, 0.25) is 0 Å². The molecule has 1 aromatic carbocycles. The van der Waals surface area contributed by atoms with Crippen molar-refractivity contribution in [3.8, 4) is 0 Å². The number of carbonyl (C=O) groups is 2. The minimum atomic E-state index is -0.176. The maximum atomic E-state index is 12.7. The van der Waals surface area contributed by atoms with Gasteiger partial charge in [-0.05, 0) is 86.7 Å². The van der Waals surface area contributed by atoms with Gasteiger partial charge in [-0.1, -0.05) is 18.2 Å². The molecule has 0 spiro atoms. The van der Waals surface area contributed by atoms with Gasteiger partial charge in [-0.3, -0.25) is 9.59 Å². The highest BCUT2D eigenvalue weighted by atomic mass is 16.5. The molecule has 144 valence electrons. The van der Waals surface area contributed by atoms with Gasteiger partial charge in [0, 0.05) is 11.7 Å². The van der Waals surface area contributed by atoms with Crippen molar-refractivity contribution >= 4 is 17.6 Å². The van der Waals surface area contributed by atoms with Gasteiger partial charge in [-0.2, -0.15) is 0 Å². The first-order chi connectivity index (χ1) is 13.0. The average Bonchev–Trinajstić information content (AvgIpc) is 2.94. The fourth-order valence-corrected chi connectivity index (χ4v) is 7.02. The second-order valence-corrected chi connectivity index (χ2v) is 9.70. The molecule has 1 heterocycles. The zero-order valence-electron chi connectivity index (χ0n) is 16.2. The number of para-hydroxylation sites is 1. The predicted octanol–water partition coefficient (Wildman–Crippen LogP) is 4.11. The van der Waals surface area contributed by atoms with Crippen LogP contribution in [0, 0.1) is 23.2 Å². The molecule has 4 fully saturated rings. The van der Waals surface area contributed by atoms with E-state index in [1.807, 2.05) is 18.2 Å². The maximum absolute atomic E-state index is 12.7. The number of hydrogen-bond donors (Lipinski definition) is 0. The lowest BCUT2D eigenvalue weighted by Crippen LogP contribution is -2.47. The van der Waals surface area contributed by atoms with Crippen molar-refractivity contribution in [2.75, 3.05) is 11.5 Å². The molecule has 1 aliphatic heterocycles. The monoisotopic (exact) mass is 367 g/mol. The van der Waals surface area contributed by atoms with Crippen molar-refractivity contribution in [3.63, 3.8) is 0 Å². The fourth-order valence-electron chi connectivity index (χ4n) is 7.02. The van der Waals surface area contributed by atoms with Crippen LogP contribution in [0.25, 0.3) is 0 Å². The van der Waals surface area contributed by atoms with Crippen molar-refractivity contribution in [1.82, 2.24) is 0 Å². The molecule has 0 saturated heterocycles. The van der Waals surface area contributed by atoms with Crippen molar-refractivity contribution < 1.29 is 14.3 Å². The van der Waals surface area contributed by atoms with Gasteiger partial charge in [-0.25, -0.2) is 0 Å². The Labute approximate surface area is 161 Å². The van der Waals surface area contributed by atoms with E-state index in [1.54, 1.807) is 4.90 Å². The van der Waals surface area contributed by atoms with E-state index in [0.29, 0.717) is 6.42 Å². The third-order valence-corrected chi connectivity index (χ3v) is 7.52.